The molecule has 0 heterocycles. The van der Waals surface area contributed by atoms with E-state index in [0.717, 1.165) is 11.1 Å². The molecule has 0 unspecified atom stereocenters. The summed E-state index contributed by atoms with van der Waals surface area (Å²) in [6, 6.07) is 10.9. The Morgan fingerprint density at radius 3 is 1.32 bits per heavy atom. The van der Waals surface area contributed by atoms with Crippen LogP contribution in [0, 0.1) is 0 Å². The van der Waals surface area contributed by atoms with E-state index in [0.29, 0.717) is 23.0 Å². The number of rotatable bonds is 8. The largest absolute Gasteiger partial charge is 0.493 e. The molecule has 0 N–H and O–H groups in total. The molecule has 0 saturated heterocycles. The molecule has 2 aromatic carbocycles. The Bertz CT molecular complexity index is 754. The van der Waals surface area contributed by atoms with Crippen LogP contribution in [0.5, 0.6) is 23.0 Å². The molecule has 5 nitrogen and oxygen atoms in total. The van der Waals surface area contributed by atoms with Crippen molar-refractivity contribution in [1.29, 1.82) is 0 Å². The van der Waals surface area contributed by atoms with Crippen molar-refractivity contribution < 1.29 is 23.7 Å². The Kier molecular flexibility index (Phi) is 9.97. The highest BCUT2D eigenvalue weighted by molar-refractivity contribution is 6.04. The molecular weight excluding hydrogens is 356 g/mol. The summed E-state index contributed by atoms with van der Waals surface area (Å²) in [6.07, 6.45) is 6.45. The lowest BCUT2D eigenvalue weighted by Crippen LogP contribution is -1.91. The molecule has 0 aliphatic carbocycles. The first-order valence-electron chi connectivity index (χ1n) is 8.95. The van der Waals surface area contributed by atoms with Crippen LogP contribution in [0.15, 0.2) is 48.6 Å². The van der Waals surface area contributed by atoms with Crippen molar-refractivity contribution >= 4 is 17.9 Å². The fourth-order valence-electron chi connectivity index (χ4n) is 2.33. The molecule has 0 spiro atoms. The molecule has 2 aromatic rings. The second-order valence-electron chi connectivity index (χ2n) is 5.30. The number of hydrogen-bond donors (Lipinski definition) is 0. The number of allylic oxidation sites excluding steroid dienone is 2. The number of benzene rings is 2. The molecule has 0 radical (unpaired) electrons. The van der Waals surface area contributed by atoms with E-state index < -0.39 is 0 Å². The first-order chi connectivity index (χ1) is 13.6. The molecule has 0 fully saturated rings. The summed E-state index contributed by atoms with van der Waals surface area (Å²) in [6.45, 7) is 4.00. The Balaban J connectivity index is 0.00000190. The fourth-order valence-corrected chi connectivity index (χ4v) is 2.33. The molecule has 0 saturated carbocycles. The van der Waals surface area contributed by atoms with Crippen LogP contribution in [0.25, 0.3) is 12.2 Å². The van der Waals surface area contributed by atoms with Gasteiger partial charge < -0.3 is 18.9 Å². The lowest BCUT2D eigenvalue weighted by molar-refractivity contribution is -0.110. The van der Waals surface area contributed by atoms with E-state index in [1.54, 1.807) is 64.9 Å². The summed E-state index contributed by atoms with van der Waals surface area (Å²) in [5.74, 6) is 2.38. The minimum Gasteiger partial charge on any atom is -0.493 e. The Morgan fingerprint density at radius 2 is 1.00 bits per heavy atom. The molecule has 28 heavy (non-hydrogen) atoms. The number of ketones is 1. The summed E-state index contributed by atoms with van der Waals surface area (Å²) in [5, 5.41) is 0. The third-order valence-corrected chi connectivity index (χ3v) is 3.70. The van der Waals surface area contributed by atoms with Gasteiger partial charge in [-0.15, -0.1) is 0 Å². The van der Waals surface area contributed by atoms with Gasteiger partial charge in [0.05, 0.1) is 28.4 Å². The molecular formula is C23H28O5. The molecule has 0 bridgehead atoms. The summed E-state index contributed by atoms with van der Waals surface area (Å²) in [5.41, 5.74) is 1.69. The predicted octanol–water partition coefficient (Wildman–Crippen LogP) is 5.04. The van der Waals surface area contributed by atoms with Gasteiger partial charge in [-0.05, 0) is 47.5 Å². The lowest BCUT2D eigenvalue weighted by atomic mass is 10.1. The fraction of sp³-hybridized carbons (Fsp3) is 0.261. The topological polar surface area (TPSA) is 54.0 Å². The smallest absolute Gasteiger partial charge is 0.178 e. The van der Waals surface area contributed by atoms with E-state index in [9.17, 15) is 4.79 Å². The van der Waals surface area contributed by atoms with Gasteiger partial charge in [0.2, 0.25) is 0 Å². The van der Waals surface area contributed by atoms with Crippen molar-refractivity contribution in [3.8, 4) is 23.0 Å². The highest BCUT2D eigenvalue weighted by Gasteiger charge is 2.04. The summed E-state index contributed by atoms with van der Waals surface area (Å²) >= 11 is 0. The van der Waals surface area contributed by atoms with Gasteiger partial charge in [0.25, 0.3) is 0 Å². The lowest BCUT2D eigenvalue weighted by Gasteiger charge is -2.07. The summed E-state index contributed by atoms with van der Waals surface area (Å²) in [7, 11) is 6.30. The van der Waals surface area contributed by atoms with Gasteiger partial charge in [-0.1, -0.05) is 38.1 Å². The first kappa shape index (κ1) is 22.8. The van der Waals surface area contributed by atoms with Gasteiger partial charge >= 0.3 is 0 Å². The maximum absolute atomic E-state index is 12.1. The minimum atomic E-state index is -0.130. The average Bonchev–Trinajstić information content (AvgIpc) is 2.76. The zero-order chi connectivity index (χ0) is 20.9. The SMILES string of the molecule is CC.COc1ccc(/C=C/C(=O)/C=C/c2ccc(OC)c(OC)c2)cc1OC. The highest BCUT2D eigenvalue weighted by Crippen LogP contribution is 2.29. The first-order valence-corrected chi connectivity index (χ1v) is 8.95. The van der Waals surface area contributed by atoms with Crippen LogP contribution in [0.4, 0.5) is 0 Å². The number of ether oxygens (including phenoxy) is 4. The molecule has 2 rings (SSSR count). The van der Waals surface area contributed by atoms with E-state index in [1.807, 2.05) is 26.0 Å². The van der Waals surface area contributed by atoms with E-state index in [1.165, 1.54) is 12.2 Å². The van der Waals surface area contributed by atoms with E-state index in [4.69, 9.17) is 18.9 Å². The number of hydrogen-bond acceptors (Lipinski definition) is 5. The van der Waals surface area contributed by atoms with Crippen molar-refractivity contribution in [2.75, 3.05) is 28.4 Å². The van der Waals surface area contributed by atoms with Gasteiger partial charge in [-0.25, -0.2) is 0 Å². The van der Waals surface area contributed by atoms with Gasteiger partial charge in [0.1, 0.15) is 0 Å². The standard InChI is InChI=1S/C21H22O5.C2H6/c1-23-18-11-7-15(13-20(18)25-3)5-9-17(22)10-6-16-8-12-19(24-2)21(14-16)26-4;1-2/h5-14H,1-4H3;1-2H3/b9-5+,10-6+;. The molecule has 0 aromatic heterocycles. The van der Waals surface area contributed by atoms with Crippen LogP contribution in [0.3, 0.4) is 0 Å². The second kappa shape index (κ2) is 12.2. The summed E-state index contributed by atoms with van der Waals surface area (Å²) < 4.78 is 20.9. The Hall–Kier alpha value is -3.21. The average molecular weight is 384 g/mol. The van der Waals surface area contributed by atoms with Crippen LogP contribution in [-0.2, 0) is 4.79 Å². The third kappa shape index (κ3) is 6.50. The monoisotopic (exact) mass is 384 g/mol. The van der Waals surface area contributed by atoms with Crippen molar-refractivity contribution in [2.45, 2.75) is 13.8 Å². The van der Waals surface area contributed by atoms with Gasteiger partial charge in [-0.3, -0.25) is 4.79 Å². The second-order valence-corrected chi connectivity index (χ2v) is 5.30. The predicted molar refractivity (Wildman–Crippen MR) is 114 cm³/mol. The molecule has 5 heteroatoms. The van der Waals surface area contributed by atoms with Crippen molar-refractivity contribution in [1.82, 2.24) is 0 Å². The molecule has 0 aliphatic rings. The quantitative estimate of drug-likeness (QED) is 0.597. The third-order valence-electron chi connectivity index (χ3n) is 3.70. The van der Waals surface area contributed by atoms with Crippen molar-refractivity contribution in [3.63, 3.8) is 0 Å². The van der Waals surface area contributed by atoms with Crippen LogP contribution in [0.2, 0.25) is 0 Å². The zero-order valence-corrected chi connectivity index (χ0v) is 17.3. The number of methoxy groups -OCH3 is 4. The Morgan fingerprint density at radius 1 is 0.643 bits per heavy atom. The van der Waals surface area contributed by atoms with Crippen LogP contribution < -0.4 is 18.9 Å². The van der Waals surface area contributed by atoms with Crippen LogP contribution in [0.1, 0.15) is 25.0 Å². The normalized spacial score (nSPS) is 10.4. The molecule has 0 aliphatic heterocycles. The number of carbonyl (C=O) groups excluding carboxylic acids is 1. The van der Waals surface area contributed by atoms with E-state index in [-0.39, 0.29) is 5.78 Å². The highest BCUT2D eigenvalue weighted by atomic mass is 16.5. The van der Waals surface area contributed by atoms with Crippen LogP contribution >= 0.6 is 0 Å². The zero-order valence-electron chi connectivity index (χ0n) is 17.3. The summed E-state index contributed by atoms with van der Waals surface area (Å²) in [4.78, 5) is 12.1. The van der Waals surface area contributed by atoms with Crippen LogP contribution in [-0.4, -0.2) is 34.2 Å². The maximum Gasteiger partial charge on any atom is 0.178 e. The minimum absolute atomic E-state index is 0.130. The maximum atomic E-state index is 12.1. The van der Waals surface area contributed by atoms with Crippen molar-refractivity contribution in [3.05, 3.63) is 59.7 Å². The van der Waals surface area contributed by atoms with Crippen molar-refractivity contribution in [2.24, 2.45) is 0 Å². The van der Waals surface area contributed by atoms with Gasteiger partial charge in [-0.2, -0.15) is 0 Å². The van der Waals surface area contributed by atoms with Gasteiger partial charge in [0, 0.05) is 0 Å². The van der Waals surface area contributed by atoms with E-state index in [2.05, 4.69) is 0 Å². The molecule has 0 amide bonds. The van der Waals surface area contributed by atoms with E-state index >= 15 is 0 Å². The number of carbonyl (C=O) groups is 1. The molecule has 150 valence electrons. The molecule has 0 atom stereocenters. The van der Waals surface area contributed by atoms with Gasteiger partial charge in [0.15, 0.2) is 28.8 Å². The Labute approximate surface area is 167 Å².